The highest BCUT2D eigenvalue weighted by Gasteiger charge is 2.14. The molecule has 0 saturated carbocycles. The Morgan fingerprint density at radius 1 is 1.30 bits per heavy atom. The van der Waals surface area contributed by atoms with Gasteiger partial charge >= 0.3 is 5.97 Å². The number of carbonyl (C=O) groups excluding carboxylic acids is 1. The minimum atomic E-state index is -1.08. The molecule has 1 amide bonds. The van der Waals surface area contributed by atoms with Gasteiger partial charge < -0.3 is 15.2 Å². The maximum absolute atomic E-state index is 12.1. The van der Waals surface area contributed by atoms with Gasteiger partial charge in [-0.3, -0.25) is 4.79 Å². The van der Waals surface area contributed by atoms with Crippen LogP contribution >= 0.6 is 11.3 Å². The van der Waals surface area contributed by atoms with E-state index in [1.165, 1.54) is 36.6 Å². The predicted molar refractivity (Wildman–Crippen MR) is 77.0 cm³/mol. The van der Waals surface area contributed by atoms with Gasteiger partial charge in [-0.2, -0.15) is 0 Å². The minimum Gasteiger partial charge on any atom is -0.496 e. The van der Waals surface area contributed by atoms with Crippen molar-refractivity contribution < 1.29 is 19.4 Å². The van der Waals surface area contributed by atoms with Crippen molar-refractivity contribution in [3.8, 4) is 5.75 Å². The highest BCUT2D eigenvalue weighted by atomic mass is 32.1. The van der Waals surface area contributed by atoms with Gasteiger partial charge in [0.2, 0.25) is 0 Å². The number of benzene rings is 1. The first-order valence-electron chi connectivity index (χ1n) is 5.79. The molecule has 2 N–H and O–H groups in total. The van der Waals surface area contributed by atoms with Crippen molar-refractivity contribution in [2.75, 3.05) is 12.4 Å². The summed E-state index contributed by atoms with van der Waals surface area (Å²) in [5.41, 5.74) is 1.45. The van der Waals surface area contributed by atoms with Crippen LogP contribution < -0.4 is 10.1 Å². The van der Waals surface area contributed by atoms with Crippen LogP contribution in [0.4, 0.5) is 5.69 Å². The summed E-state index contributed by atoms with van der Waals surface area (Å²) in [7, 11) is 1.39. The second-order valence-corrected chi connectivity index (χ2v) is 5.02. The molecular formula is C14H13NO4S. The first kappa shape index (κ1) is 14.1. The SMILES string of the molecule is COc1cc(NC(=O)c2sccc2C)ccc1C(=O)O. The summed E-state index contributed by atoms with van der Waals surface area (Å²) in [6.07, 6.45) is 0. The molecule has 0 saturated heterocycles. The van der Waals surface area contributed by atoms with Crippen molar-refractivity contribution in [2.24, 2.45) is 0 Å². The third-order valence-electron chi connectivity index (χ3n) is 2.76. The van der Waals surface area contributed by atoms with Crippen molar-refractivity contribution in [3.63, 3.8) is 0 Å². The fraction of sp³-hybridized carbons (Fsp3) is 0.143. The van der Waals surface area contributed by atoms with Crippen LogP contribution in [0.3, 0.4) is 0 Å². The molecule has 1 aromatic carbocycles. The van der Waals surface area contributed by atoms with Crippen LogP contribution in [-0.2, 0) is 0 Å². The Bertz CT molecular complexity index is 663. The monoisotopic (exact) mass is 291 g/mol. The molecule has 2 aromatic rings. The Hall–Kier alpha value is -2.34. The van der Waals surface area contributed by atoms with Crippen LogP contribution in [0.5, 0.6) is 5.75 Å². The van der Waals surface area contributed by atoms with E-state index in [4.69, 9.17) is 9.84 Å². The lowest BCUT2D eigenvalue weighted by Crippen LogP contribution is -2.12. The average Bonchev–Trinajstić information content (AvgIpc) is 2.84. The molecular weight excluding hydrogens is 278 g/mol. The molecule has 2 rings (SSSR count). The maximum Gasteiger partial charge on any atom is 0.339 e. The van der Waals surface area contributed by atoms with Crippen LogP contribution in [0.15, 0.2) is 29.6 Å². The Kier molecular flexibility index (Phi) is 4.05. The molecule has 0 spiro atoms. The zero-order chi connectivity index (χ0) is 14.7. The molecule has 0 fully saturated rings. The number of hydrogen-bond donors (Lipinski definition) is 2. The van der Waals surface area contributed by atoms with Crippen LogP contribution in [0, 0.1) is 6.92 Å². The molecule has 1 heterocycles. The Labute approximate surface area is 119 Å². The number of carboxylic acid groups (broad SMARTS) is 1. The Morgan fingerprint density at radius 2 is 2.05 bits per heavy atom. The number of nitrogens with one attached hydrogen (secondary N) is 1. The number of rotatable bonds is 4. The van der Waals surface area contributed by atoms with Crippen LogP contribution in [0.1, 0.15) is 25.6 Å². The van der Waals surface area contributed by atoms with Gasteiger partial charge in [-0.25, -0.2) is 4.79 Å². The molecule has 0 bridgehead atoms. The summed E-state index contributed by atoms with van der Waals surface area (Å²) < 4.78 is 5.01. The number of aryl methyl sites for hydroxylation is 1. The van der Waals surface area contributed by atoms with Crippen molar-refractivity contribution in [1.29, 1.82) is 0 Å². The fourth-order valence-corrected chi connectivity index (χ4v) is 2.56. The van der Waals surface area contributed by atoms with E-state index in [-0.39, 0.29) is 17.2 Å². The fourth-order valence-electron chi connectivity index (χ4n) is 1.74. The molecule has 0 aliphatic rings. The van der Waals surface area contributed by atoms with Crippen molar-refractivity contribution in [2.45, 2.75) is 6.92 Å². The number of carbonyl (C=O) groups is 2. The highest BCUT2D eigenvalue weighted by Crippen LogP contribution is 2.24. The Balaban J connectivity index is 2.24. The first-order chi connectivity index (χ1) is 9.52. The largest absolute Gasteiger partial charge is 0.496 e. The number of hydrogen-bond acceptors (Lipinski definition) is 4. The molecule has 0 aliphatic carbocycles. The molecule has 20 heavy (non-hydrogen) atoms. The summed E-state index contributed by atoms with van der Waals surface area (Å²) >= 11 is 1.36. The Morgan fingerprint density at radius 3 is 2.60 bits per heavy atom. The smallest absolute Gasteiger partial charge is 0.339 e. The highest BCUT2D eigenvalue weighted by molar-refractivity contribution is 7.12. The number of amides is 1. The van der Waals surface area contributed by atoms with Crippen LogP contribution in [0.2, 0.25) is 0 Å². The van der Waals surface area contributed by atoms with E-state index in [2.05, 4.69) is 5.32 Å². The second-order valence-electron chi connectivity index (χ2n) is 4.11. The minimum absolute atomic E-state index is 0.0535. The number of ether oxygens (including phenoxy) is 1. The number of methoxy groups -OCH3 is 1. The number of aromatic carboxylic acids is 1. The summed E-state index contributed by atoms with van der Waals surface area (Å²) in [4.78, 5) is 23.7. The first-order valence-corrected chi connectivity index (χ1v) is 6.67. The lowest BCUT2D eigenvalue weighted by molar-refractivity contribution is 0.0693. The van der Waals surface area contributed by atoms with Gasteiger partial charge in [-0.15, -0.1) is 11.3 Å². The van der Waals surface area contributed by atoms with Gasteiger partial charge in [-0.05, 0) is 36.1 Å². The van der Waals surface area contributed by atoms with E-state index in [0.29, 0.717) is 10.6 Å². The summed E-state index contributed by atoms with van der Waals surface area (Å²) in [5, 5.41) is 13.6. The maximum atomic E-state index is 12.1. The zero-order valence-corrected chi connectivity index (χ0v) is 11.8. The van der Waals surface area contributed by atoms with E-state index in [9.17, 15) is 9.59 Å². The topological polar surface area (TPSA) is 75.6 Å². The van der Waals surface area contributed by atoms with E-state index < -0.39 is 5.97 Å². The van der Waals surface area contributed by atoms with Gasteiger partial charge in [0.1, 0.15) is 11.3 Å². The lowest BCUT2D eigenvalue weighted by Gasteiger charge is -2.09. The average molecular weight is 291 g/mol. The van der Waals surface area contributed by atoms with Crippen molar-refractivity contribution in [1.82, 2.24) is 0 Å². The van der Waals surface area contributed by atoms with Gasteiger partial charge in [0, 0.05) is 11.8 Å². The van der Waals surface area contributed by atoms with E-state index in [0.717, 1.165) is 5.56 Å². The van der Waals surface area contributed by atoms with Crippen LogP contribution in [0.25, 0.3) is 0 Å². The number of carboxylic acids is 1. The molecule has 104 valence electrons. The number of anilines is 1. The molecule has 0 aliphatic heterocycles. The van der Waals surface area contributed by atoms with Crippen molar-refractivity contribution in [3.05, 3.63) is 45.6 Å². The van der Waals surface area contributed by atoms with Gasteiger partial charge in [0.05, 0.1) is 12.0 Å². The molecule has 5 nitrogen and oxygen atoms in total. The third-order valence-corrected chi connectivity index (χ3v) is 3.77. The molecule has 0 atom stereocenters. The molecule has 0 radical (unpaired) electrons. The standard InChI is InChI=1S/C14H13NO4S/c1-8-5-6-20-12(8)13(16)15-9-3-4-10(14(17)18)11(7-9)19-2/h3-7H,1-2H3,(H,15,16)(H,17,18). The van der Waals surface area contributed by atoms with Gasteiger partial charge in [0.25, 0.3) is 5.91 Å². The van der Waals surface area contributed by atoms with Crippen LogP contribution in [-0.4, -0.2) is 24.1 Å². The second kappa shape index (κ2) is 5.75. The quantitative estimate of drug-likeness (QED) is 0.908. The summed E-state index contributed by atoms with van der Waals surface area (Å²) in [5.74, 6) is -1.09. The summed E-state index contributed by atoms with van der Waals surface area (Å²) in [6, 6.07) is 6.29. The van der Waals surface area contributed by atoms with Crippen molar-refractivity contribution >= 4 is 28.9 Å². The van der Waals surface area contributed by atoms with E-state index in [1.807, 2.05) is 18.4 Å². The molecule has 0 unspecified atom stereocenters. The zero-order valence-electron chi connectivity index (χ0n) is 11.0. The van der Waals surface area contributed by atoms with E-state index in [1.54, 1.807) is 0 Å². The summed E-state index contributed by atoms with van der Waals surface area (Å²) in [6.45, 7) is 1.86. The third kappa shape index (κ3) is 2.80. The molecule has 6 heteroatoms. The normalized spacial score (nSPS) is 10.1. The lowest BCUT2D eigenvalue weighted by atomic mass is 10.1. The van der Waals surface area contributed by atoms with E-state index >= 15 is 0 Å². The van der Waals surface area contributed by atoms with Gasteiger partial charge in [0.15, 0.2) is 0 Å². The number of thiophene rings is 1. The van der Waals surface area contributed by atoms with Gasteiger partial charge in [-0.1, -0.05) is 0 Å². The molecule has 1 aromatic heterocycles. The predicted octanol–water partition coefficient (Wildman–Crippen LogP) is 3.02.